The molecule has 0 spiro atoms. The third-order valence-corrected chi connectivity index (χ3v) is 5.32. The van der Waals surface area contributed by atoms with Crippen LogP contribution in [0.25, 0.3) is 22.3 Å². The number of rotatable bonds is 2. The zero-order chi connectivity index (χ0) is 16.3. The topological polar surface area (TPSA) is 18.5 Å². The lowest BCUT2D eigenvalue weighted by Gasteiger charge is -2.14. The summed E-state index contributed by atoms with van der Waals surface area (Å²) in [6.07, 6.45) is 0.0190. The van der Waals surface area contributed by atoms with Gasteiger partial charge in [-0.3, -0.25) is 0 Å². The molecule has 2 atom stereocenters. The average Bonchev–Trinajstić information content (AvgIpc) is 3.11. The molecule has 0 saturated heterocycles. The Balaban J connectivity index is 1.80. The maximum Gasteiger partial charge on any atom is 0.108 e. The van der Waals surface area contributed by atoms with E-state index < -0.39 is 0 Å². The molecule has 0 heterocycles. The van der Waals surface area contributed by atoms with Crippen LogP contribution in [0.15, 0.2) is 60.7 Å². The summed E-state index contributed by atoms with van der Waals surface area (Å²) in [5.41, 5.74) is 10.1. The van der Waals surface area contributed by atoms with Gasteiger partial charge in [-0.15, -0.1) is 0 Å². The molecular weight excluding hydrogens is 296 g/mol. The number of methoxy groups -OCH3 is 2. The molecule has 0 aliphatic heterocycles. The highest BCUT2D eigenvalue weighted by Gasteiger charge is 2.34. The van der Waals surface area contributed by atoms with Crippen molar-refractivity contribution in [3.8, 4) is 22.3 Å². The van der Waals surface area contributed by atoms with Gasteiger partial charge in [0, 0.05) is 14.2 Å². The first-order chi connectivity index (χ1) is 11.8. The normalized spacial score (nSPS) is 19.6. The van der Waals surface area contributed by atoms with E-state index in [-0.39, 0.29) is 12.2 Å². The van der Waals surface area contributed by atoms with E-state index in [9.17, 15) is 0 Å². The van der Waals surface area contributed by atoms with Crippen LogP contribution in [0, 0.1) is 0 Å². The lowest BCUT2D eigenvalue weighted by atomic mass is 9.97. The SMILES string of the molecule is COC1c2ccccc2-c2cc3c(cc21)-c1ccccc1C3OC. The van der Waals surface area contributed by atoms with E-state index >= 15 is 0 Å². The molecule has 0 bridgehead atoms. The molecule has 3 aromatic rings. The van der Waals surface area contributed by atoms with E-state index in [1.807, 2.05) is 0 Å². The van der Waals surface area contributed by atoms with Crippen LogP contribution in [0.2, 0.25) is 0 Å². The minimum absolute atomic E-state index is 0.00950. The second-order valence-electron chi connectivity index (χ2n) is 6.43. The first kappa shape index (κ1) is 14.0. The summed E-state index contributed by atoms with van der Waals surface area (Å²) in [6.45, 7) is 0. The number of ether oxygens (including phenoxy) is 2. The Morgan fingerprint density at radius 3 is 1.38 bits per heavy atom. The van der Waals surface area contributed by atoms with Crippen molar-refractivity contribution in [2.24, 2.45) is 0 Å². The lowest BCUT2D eigenvalue weighted by Crippen LogP contribution is -2.01. The average molecular weight is 314 g/mol. The van der Waals surface area contributed by atoms with Gasteiger partial charge in [0.2, 0.25) is 0 Å². The molecule has 0 amide bonds. The predicted octanol–water partition coefficient (Wildman–Crippen LogP) is 5.12. The molecule has 5 rings (SSSR count). The van der Waals surface area contributed by atoms with Crippen LogP contribution >= 0.6 is 0 Å². The van der Waals surface area contributed by atoms with Crippen molar-refractivity contribution in [2.45, 2.75) is 12.2 Å². The van der Waals surface area contributed by atoms with Gasteiger partial charge in [-0.25, -0.2) is 0 Å². The van der Waals surface area contributed by atoms with Crippen LogP contribution in [0.5, 0.6) is 0 Å². The van der Waals surface area contributed by atoms with Gasteiger partial charge >= 0.3 is 0 Å². The molecule has 2 unspecified atom stereocenters. The second kappa shape index (κ2) is 5.04. The number of hydrogen-bond acceptors (Lipinski definition) is 2. The summed E-state index contributed by atoms with van der Waals surface area (Å²) in [5, 5.41) is 0. The van der Waals surface area contributed by atoms with Gasteiger partial charge in [-0.05, 0) is 56.6 Å². The summed E-state index contributed by atoms with van der Waals surface area (Å²) in [5.74, 6) is 0. The molecule has 24 heavy (non-hydrogen) atoms. The van der Waals surface area contributed by atoms with Crippen molar-refractivity contribution in [1.29, 1.82) is 0 Å². The molecule has 2 heteroatoms. The van der Waals surface area contributed by atoms with Crippen molar-refractivity contribution in [3.63, 3.8) is 0 Å². The first-order valence-electron chi connectivity index (χ1n) is 8.25. The Morgan fingerprint density at radius 1 is 0.542 bits per heavy atom. The first-order valence-corrected chi connectivity index (χ1v) is 8.25. The van der Waals surface area contributed by atoms with Crippen molar-refractivity contribution in [2.75, 3.05) is 14.2 Å². The van der Waals surface area contributed by atoms with Gasteiger partial charge in [-0.1, -0.05) is 48.5 Å². The monoisotopic (exact) mass is 314 g/mol. The molecule has 118 valence electrons. The third-order valence-electron chi connectivity index (χ3n) is 5.32. The molecule has 0 N–H and O–H groups in total. The Labute approximate surface area is 141 Å². The fourth-order valence-electron chi connectivity index (χ4n) is 4.32. The second-order valence-corrected chi connectivity index (χ2v) is 6.43. The number of fused-ring (bicyclic) bond motifs is 6. The van der Waals surface area contributed by atoms with Gasteiger partial charge in [0.15, 0.2) is 0 Å². The van der Waals surface area contributed by atoms with Crippen LogP contribution in [-0.2, 0) is 9.47 Å². The van der Waals surface area contributed by atoms with E-state index in [1.54, 1.807) is 14.2 Å². The maximum absolute atomic E-state index is 5.83. The van der Waals surface area contributed by atoms with Crippen molar-refractivity contribution >= 4 is 0 Å². The summed E-state index contributed by atoms with van der Waals surface area (Å²) < 4.78 is 11.7. The van der Waals surface area contributed by atoms with Gasteiger partial charge in [0.05, 0.1) is 0 Å². The van der Waals surface area contributed by atoms with Crippen LogP contribution in [0.4, 0.5) is 0 Å². The largest absolute Gasteiger partial charge is 0.372 e. The molecule has 0 saturated carbocycles. The summed E-state index contributed by atoms with van der Waals surface area (Å²) >= 11 is 0. The molecule has 0 aromatic heterocycles. The summed E-state index contributed by atoms with van der Waals surface area (Å²) in [7, 11) is 3.57. The predicted molar refractivity (Wildman–Crippen MR) is 95.0 cm³/mol. The Bertz CT molecular complexity index is 879. The smallest absolute Gasteiger partial charge is 0.108 e. The fraction of sp³-hybridized carbons (Fsp3) is 0.182. The van der Waals surface area contributed by atoms with Crippen LogP contribution in [-0.4, -0.2) is 14.2 Å². The zero-order valence-electron chi connectivity index (χ0n) is 13.7. The Morgan fingerprint density at radius 2 is 0.958 bits per heavy atom. The molecule has 2 aliphatic carbocycles. The number of benzene rings is 3. The fourth-order valence-corrected chi connectivity index (χ4v) is 4.32. The zero-order valence-corrected chi connectivity index (χ0v) is 13.7. The van der Waals surface area contributed by atoms with Crippen molar-refractivity contribution < 1.29 is 9.47 Å². The van der Waals surface area contributed by atoms with Gasteiger partial charge in [0.25, 0.3) is 0 Å². The molecule has 0 fully saturated rings. The van der Waals surface area contributed by atoms with Crippen molar-refractivity contribution in [3.05, 3.63) is 82.9 Å². The van der Waals surface area contributed by atoms with Gasteiger partial charge in [-0.2, -0.15) is 0 Å². The van der Waals surface area contributed by atoms with Gasteiger partial charge < -0.3 is 9.47 Å². The van der Waals surface area contributed by atoms with E-state index in [0.717, 1.165) is 0 Å². The van der Waals surface area contributed by atoms with E-state index in [2.05, 4.69) is 60.7 Å². The van der Waals surface area contributed by atoms with E-state index in [4.69, 9.17) is 9.47 Å². The van der Waals surface area contributed by atoms with Crippen LogP contribution < -0.4 is 0 Å². The highest BCUT2D eigenvalue weighted by Crippen LogP contribution is 2.52. The minimum atomic E-state index is 0.00950. The highest BCUT2D eigenvalue weighted by molar-refractivity contribution is 5.87. The highest BCUT2D eigenvalue weighted by atomic mass is 16.5. The van der Waals surface area contributed by atoms with Crippen molar-refractivity contribution in [1.82, 2.24) is 0 Å². The number of hydrogen-bond donors (Lipinski definition) is 0. The third kappa shape index (κ3) is 1.67. The maximum atomic E-state index is 5.83. The quantitative estimate of drug-likeness (QED) is 0.653. The Hall–Kier alpha value is -2.42. The standard InChI is InChI=1S/C22H18O2/c1-23-21-15-9-5-3-7-13(15)17-12-20-18(11-19(17)21)14-8-4-6-10-16(14)22(20)24-2/h3-12,21-22H,1-2H3. The molecule has 2 nitrogen and oxygen atoms in total. The van der Waals surface area contributed by atoms with Crippen LogP contribution in [0.3, 0.4) is 0 Å². The van der Waals surface area contributed by atoms with E-state index in [0.29, 0.717) is 0 Å². The Kier molecular flexibility index (Phi) is 2.93. The molecule has 3 aromatic carbocycles. The summed E-state index contributed by atoms with van der Waals surface area (Å²) in [4.78, 5) is 0. The minimum Gasteiger partial charge on any atom is -0.372 e. The molecule has 0 radical (unpaired) electrons. The molecule has 2 aliphatic rings. The van der Waals surface area contributed by atoms with E-state index in [1.165, 1.54) is 44.5 Å². The van der Waals surface area contributed by atoms with Gasteiger partial charge in [0.1, 0.15) is 12.2 Å². The molecular formula is C22H18O2. The van der Waals surface area contributed by atoms with Crippen LogP contribution in [0.1, 0.15) is 34.5 Å². The lowest BCUT2D eigenvalue weighted by molar-refractivity contribution is 0.138. The summed E-state index contributed by atoms with van der Waals surface area (Å²) in [6, 6.07) is 21.6.